The molecule has 28 heavy (non-hydrogen) atoms. The van der Waals surface area contributed by atoms with E-state index in [4.69, 9.17) is 4.98 Å². The molecule has 4 aromatic carbocycles. The molecule has 0 spiro atoms. The maximum absolute atomic E-state index is 9.26. The second kappa shape index (κ2) is 6.68. The number of nitriles is 1. The standard InChI is InChI=1S/C25H17N3/c26-16-18-13-14-24-23(15-18)27-25(20-8-2-1-3-9-20)28(24)17-21-11-6-10-19-7-4-5-12-22(19)21/h1-15H,17H2. The summed E-state index contributed by atoms with van der Waals surface area (Å²) < 4.78 is 2.24. The summed E-state index contributed by atoms with van der Waals surface area (Å²) in [6.07, 6.45) is 0. The fraction of sp³-hybridized carbons (Fsp3) is 0.0400. The average molecular weight is 359 g/mol. The first-order valence-corrected chi connectivity index (χ1v) is 9.26. The minimum atomic E-state index is 0.627. The monoisotopic (exact) mass is 359 g/mol. The second-order valence-electron chi connectivity index (χ2n) is 6.84. The van der Waals surface area contributed by atoms with Gasteiger partial charge in [-0.2, -0.15) is 5.26 Å². The highest BCUT2D eigenvalue weighted by Crippen LogP contribution is 2.28. The third kappa shape index (κ3) is 2.72. The van der Waals surface area contributed by atoms with Crippen LogP contribution in [-0.2, 0) is 6.54 Å². The molecule has 0 fully saturated rings. The van der Waals surface area contributed by atoms with Crippen molar-refractivity contribution in [2.75, 3.05) is 0 Å². The number of rotatable bonds is 3. The molecule has 5 rings (SSSR count). The van der Waals surface area contributed by atoms with E-state index in [1.807, 2.05) is 36.4 Å². The molecule has 132 valence electrons. The van der Waals surface area contributed by atoms with Crippen molar-refractivity contribution in [2.45, 2.75) is 6.54 Å². The number of benzene rings is 4. The van der Waals surface area contributed by atoms with Crippen LogP contribution in [0.25, 0.3) is 33.2 Å². The first kappa shape index (κ1) is 16.3. The number of aromatic nitrogens is 2. The van der Waals surface area contributed by atoms with Crippen LogP contribution in [0.3, 0.4) is 0 Å². The summed E-state index contributed by atoms with van der Waals surface area (Å²) in [5.41, 5.74) is 4.82. The lowest BCUT2D eigenvalue weighted by Gasteiger charge is -2.12. The van der Waals surface area contributed by atoms with Crippen LogP contribution >= 0.6 is 0 Å². The molecule has 3 nitrogen and oxygen atoms in total. The van der Waals surface area contributed by atoms with Crippen LogP contribution in [0.1, 0.15) is 11.1 Å². The van der Waals surface area contributed by atoms with E-state index >= 15 is 0 Å². The lowest BCUT2D eigenvalue weighted by Crippen LogP contribution is -2.03. The topological polar surface area (TPSA) is 41.6 Å². The van der Waals surface area contributed by atoms with Crippen LogP contribution in [0.4, 0.5) is 0 Å². The quantitative estimate of drug-likeness (QED) is 0.410. The van der Waals surface area contributed by atoms with Crippen LogP contribution in [0.15, 0.2) is 91.0 Å². The van der Waals surface area contributed by atoms with Gasteiger partial charge in [0.15, 0.2) is 0 Å². The summed E-state index contributed by atoms with van der Waals surface area (Å²) >= 11 is 0. The molecule has 5 aromatic rings. The maximum atomic E-state index is 9.26. The maximum Gasteiger partial charge on any atom is 0.141 e. The Balaban J connectivity index is 1.74. The van der Waals surface area contributed by atoms with Gasteiger partial charge in [-0.05, 0) is 34.5 Å². The highest BCUT2D eigenvalue weighted by Gasteiger charge is 2.14. The molecule has 0 saturated carbocycles. The second-order valence-corrected chi connectivity index (χ2v) is 6.84. The number of nitrogens with zero attached hydrogens (tertiary/aromatic N) is 3. The van der Waals surface area contributed by atoms with E-state index < -0.39 is 0 Å². The third-order valence-electron chi connectivity index (χ3n) is 5.12. The number of imidazole rings is 1. The van der Waals surface area contributed by atoms with Crippen molar-refractivity contribution in [3.8, 4) is 17.5 Å². The highest BCUT2D eigenvalue weighted by molar-refractivity contribution is 5.87. The van der Waals surface area contributed by atoms with Gasteiger partial charge in [0.25, 0.3) is 0 Å². The lowest BCUT2D eigenvalue weighted by molar-refractivity contribution is 0.840. The Bertz CT molecular complexity index is 1340. The molecule has 0 aliphatic rings. The molecule has 0 amide bonds. The largest absolute Gasteiger partial charge is 0.319 e. The van der Waals surface area contributed by atoms with E-state index in [-0.39, 0.29) is 0 Å². The predicted molar refractivity (Wildman–Crippen MR) is 113 cm³/mol. The van der Waals surface area contributed by atoms with E-state index in [2.05, 4.69) is 65.2 Å². The zero-order valence-corrected chi connectivity index (χ0v) is 15.2. The molecule has 0 aliphatic carbocycles. The number of fused-ring (bicyclic) bond motifs is 2. The molecule has 0 atom stereocenters. The number of hydrogen-bond acceptors (Lipinski definition) is 2. The Morgan fingerprint density at radius 2 is 1.61 bits per heavy atom. The fourth-order valence-electron chi connectivity index (χ4n) is 3.77. The molecule has 1 heterocycles. The minimum Gasteiger partial charge on any atom is -0.319 e. The molecular weight excluding hydrogens is 342 g/mol. The molecule has 0 unspecified atom stereocenters. The fourth-order valence-corrected chi connectivity index (χ4v) is 3.77. The van der Waals surface area contributed by atoms with Gasteiger partial charge in [0.1, 0.15) is 5.82 Å². The zero-order chi connectivity index (χ0) is 18.9. The van der Waals surface area contributed by atoms with Crippen molar-refractivity contribution in [3.63, 3.8) is 0 Å². The minimum absolute atomic E-state index is 0.627. The summed E-state index contributed by atoms with van der Waals surface area (Å²) in [7, 11) is 0. The Morgan fingerprint density at radius 3 is 2.46 bits per heavy atom. The van der Waals surface area contributed by atoms with Crippen molar-refractivity contribution in [1.82, 2.24) is 9.55 Å². The van der Waals surface area contributed by atoms with Crippen molar-refractivity contribution in [3.05, 3.63) is 102 Å². The van der Waals surface area contributed by atoms with Gasteiger partial charge >= 0.3 is 0 Å². The summed E-state index contributed by atoms with van der Waals surface area (Å²) in [6, 6.07) is 33.0. The van der Waals surface area contributed by atoms with Crippen molar-refractivity contribution >= 4 is 21.8 Å². The van der Waals surface area contributed by atoms with E-state index in [0.717, 1.165) is 22.4 Å². The van der Waals surface area contributed by atoms with Crippen molar-refractivity contribution in [1.29, 1.82) is 5.26 Å². The van der Waals surface area contributed by atoms with Gasteiger partial charge in [-0.25, -0.2) is 4.98 Å². The first-order chi connectivity index (χ1) is 13.8. The Kier molecular flexibility index (Phi) is 3.88. The molecule has 0 bridgehead atoms. The summed E-state index contributed by atoms with van der Waals surface area (Å²) in [6.45, 7) is 0.716. The first-order valence-electron chi connectivity index (χ1n) is 9.26. The predicted octanol–water partition coefficient (Wildman–Crippen LogP) is 5.78. The van der Waals surface area contributed by atoms with Crippen LogP contribution in [0.2, 0.25) is 0 Å². The Morgan fingerprint density at radius 1 is 0.821 bits per heavy atom. The Labute approximate surface area is 163 Å². The molecule has 0 N–H and O–H groups in total. The van der Waals surface area contributed by atoms with Crippen LogP contribution in [0, 0.1) is 11.3 Å². The Hall–Kier alpha value is -3.90. The van der Waals surface area contributed by atoms with E-state index in [9.17, 15) is 5.26 Å². The molecule has 0 saturated heterocycles. The van der Waals surface area contributed by atoms with Gasteiger partial charge in [0, 0.05) is 5.56 Å². The summed E-state index contributed by atoms with van der Waals surface area (Å²) in [4.78, 5) is 4.88. The molecule has 3 heteroatoms. The smallest absolute Gasteiger partial charge is 0.141 e. The van der Waals surface area contributed by atoms with Gasteiger partial charge in [-0.3, -0.25) is 0 Å². The van der Waals surface area contributed by atoms with Gasteiger partial charge in [0.2, 0.25) is 0 Å². The highest BCUT2D eigenvalue weighted by atomic mass is 15.1. The summed E-state index contributed by atoms with van der Waals surface area (Å²) in [5.74, 6) is 0.915. The lowest BCUT2D eigenvalue weighted by atomic mass is 10.0. The van der Waals surface area contributed by atoms with E-state index in [1.54, 1.807) is 0 Å². The summed E-state index contributed by atoms with van der Waals surface area (Å²) in [5, 5.41) is 11.7. The van der Waals surface area contributed by atoms with Gasteiger partial charge < -0.3 is 4.57 Å². The number of hydrogen-bond donors (Lipinski definition) is 0. The average Bonchev–Trinajstić information content (AvgIpc) is 3.12. The SMILES string of the molecule is N#Cc1ccc2c(c1)nc(-c1ccccc1)n2Cc1cccc2ccccc12. The van der Waals surface area contributed by atoms with E-state index in [1.165, 1.54) is 16.3 Å². The van der Waals surface area contributed by atoms with Gasteiger partial charge in [-0.1, -0.05) is 72.8 Å². The van der Waals surface area contributed by atoms with E-state index in [0.29, 0.717) is 12.1 Å². The normalized spacial score (nSPS) is 11.0. The van der Waals surface area contributed by atoms with Gasteiger partial charge in [0.05, 0.1) is 29.2 Å². The molecule has 1 aromatic heterocycles. The molecule has 0 radical (unpaired) electrons. The molecule has 0 aliphatic heterocycles. The van der Waals surface area contributed by atoms with Crippen LogP contribution in [-0.4, -0.2) is 9.55 Å². The van der Waals surface area contributed by atoms with Crippen molar-refractivity contribution < 1.29 is 0 Å². The van der Waals surface area contributed by atoms with Crippen molar-refractivity contribution in [2.24, 2.45) is 0 Å². The molecular formula is C25H17N3. The zero-order valence-electron chi connectivity index (χ0n) is 15.2. The van der Waals surface area contributed by atoms with Gasteiger partial charge in [-0.15, -0.1) is 0 Å². The van der Waals surface area contributed by atoms with Crippen LogP contribution < -0.4 is 0 Å². The third-order valence-corrected chi connectivity index (χ3v) is 5.12. The van der Waals surface area contributed by atoms with Crippen LogP contribution in [0.5, 0.6) is 0 Å².